The lowest BCUT2D eigenvalue weighted by atomic mass is 9.73. The molecule has 1 aliphatic carbocycles. The topological polar surface area (TPSA) is 35.2 Å². The SMILES string of the molecule is CCCc1cccc(C(N)C2(OC)CCC(C)CC2)c1. The van der Waals surface area contributed by atoms with Crippen molar-refractivity contribution in [2.45, 2.75) is 64.0 Å². The van der Waals surface area contributed by atoms with Crippen molar-refractivity contribution < 1.29 is 4.74 Å². The summed E-state index contributed by atoms with van der Waals surface area (Å²) in [4.78, 5) is 0. The van der Waals surface area contributed by atoms with E-state index in [-0.39, 0.29) is 11.6 Å². The van der Waals surface area contributed by atoms with Crippen molar-refractivity contribution in [3.8, 4) is 0 Å². The Morgan fingerprint density at radius 2 is 2.05 bits per heavy atom. The molecule has 0 amide bonds. The van der Waals surface area contributed by atoms with Gasteiger partial charge in [0.2, 0.25) is 0 Å². The molecule has 1 unspecified atom stereocenters. The molecule has 1 aliphatic rings. The summed E-state index contributed by atoms with van der Waals surface area (Å²) in [5.74, 6) is 0.803. The van der Waals surface area contributed by atoms with Gasteiger partial charge in [-0.25, -0.2) is 0 Å². The Hall–Kier alpha value is -0.860. The van der Waals surface area contributed by atoms with Crippen LogP contribution in [0, 0.1) is 5.92 Å². The molecular weight excluding hydrogens is 246 g/mol. The van der Waals surface area contributed by atoms with Gasteiger partial charge >= 0.3 is 0 Å². The Balaban J connectivity index is 2.19. The van der Waals surface area contributed by atoms with Crippen molar-refractivity contribution >= 4 is 0 Å². The molecule has 0 bridgehead atoms. The van der Waals surface area contributed by atoms with Gasteiger partial charge in [0.15, 0.2) is 0 Å². The fraction of sp³-hybridized carbons (Fsp3) is 0.667. The van der Waals surface area contributed by atoms with Crippen LogP contribution in [0.1, 0.15) is 63.1 Å². The molecule has 1 fully saturated rings. The van der Waals surface area contributed by atoms with E-state index in [0.717, 1.165) is 25.2 Å². The Morgan fingerprint density at radius 3 is 2.65 bits per heavy atom. The van der Waals surface area contributed by atoms with Gasteiger partial charge in [-0.3, -0.25) is 0 Å². The minimum absolute atomic E-state index is 0.0168. The van der Waals surface area contributed by atoms with Gasteiger partial charge in [0.1, 0.15) is 0 Å². The van der Waals surface area contributed by atoms with Crippen molar-refractivity contribution in [3.63, 3.8) is 0 Å². The molecule has 1 saturated carbocycles. The maximum absolute atomic E-state index is 6.60. The molecule has 0 radical (unpaired) electrons. The first-order valence-electron chi connectivity index (χ1n) is 8.01. The lowest BCUT2D eigenvalue weighted by Crippen LogP contribution is -2.45. The van der Waals surface area contributed by atoms with E-state index in [2.05, 4.69) is 38.1 Å². The van der Waals surface area contributed by atoms with E-state index < -0.39 is 0 Å². The second-order valence-electron chi connectivity index (χ2n) is 6.42. The Kier molecular flexibility index (Phi) is 5.22. The van der Waals surface area contributed by atoms with Crippen LogP contribution in [-0.4, -0.2) is 12.7 Å². The van der Waals surface area contributed by atoms with Crippen LogP contribution in [0.2, 0.25) is 0 Å². The average molecular weight is 275 g/mol. The van der Waals surface area contributed by atoms with Gasteiger partial charge in [0, 0.05) is 7.11 Å². The lowest BCUT2D eigenvalue weighted by molar-refractivity contribution is -0.0672. The van der Waals surface area contributed by atoms with E-state index in [9.17, 15) is 0 Å². The smallest absolute Gasteiger partial charge is 0.0870 e. The molecular formula is C18H29NO. The third-order valence-corrected chi connectivity index (χ3v) is 4.94. The van der Waals surface area contributed by atoms with Crippen LogP contribution < -0.4 is 5.73 Å². The van der Waals surface area contributed by atoms with Gasteiger partial charge in [-0.2, -0.15) is 0 Å². The Morgan fingerprint density at radius 1 is 1.35 bits per heavy atom. The molecule has 2 nitrogen and oxygen atoms in total. The average Bonchev–Trinajstić information content (AvgIpc) is 2.48. The summed E-state index contributed by atoms with van der Waals surface area (Å²) in [6.45, 7) is 4.54. The summed E-state index contributed by atoms with van der Waals surface area (Å²) in [7, 11) is 1.83. The van der Waals surface area contributed by atoms with Crippen LogP contribution in [0.5, 0.6) is 0 Å². The summed E-state index contributed by atoms with van der Waals surface area (Å²) in [5, 5.41) is 0. The fourth-order valence-electron chi connectivity index (χ4n) is 3.43. The van der Waals surface area contributed by atoms with Gasteiger partial charge in [0.25, 0.3) is 0 Å². The first-order chi connectivity index (χ1) is 9.61. The molecule has 0 spiro atoms. The van der Waals surface area contributed by atoms with Crippen LogP contribution in [0.25, 0.3) is 0 Å². The van der Waals surface area contributed by atoms with Crippen LogP contribution in [0.3, 0.4) is 0 Å². The quantitative estimate of drug-likeness (QED) is 0.872. The molecule has 1 aromatic carbocycles. The van der Waals surface area contributed by atoms with E-state index in [0.29, 0.717) is 0 Å². The normalized spacial score (nSPS) is 28.3. The second-order valence-corrected chi connectivity index (χ2v) is 6.42. The number of ether oxygens (including phenoxy) is 1. The predicted octanol–water partition coefficient (Wildman–Crippen LogP) is 4.23. The van der Waals surface area contributed by atoms with Crippen molar-refractivity contribution in [2.24, 2.45) is 11.7 Å². The van der Waals surface area contributed by atoms with Crippen molar-refractivity contribution in [1.29, 1.82) is 0 Å². The highest BCUT2D eigenvalue weighted by atomic mass is 16.5. The molecule has 0 aliphatic heterocycles. The van der Waals surface area contributed by atoms with Crippen LogP contribution in [-0.2, 0) is 11.2 Å². The summed E-state index contributed by atoms with van der Waals surface area (Å²) < 4.78 is 5.92. The molecule has 0 heterocycles. The zero-order valence-electron chi connectivity index (χ0n) is 13.2. The highest BCUT2D eigenvalue weighted by molar-refractivity contribution is 5.28. The minimum Gasteiger partial charge on any atom is -0.376 e. The molecule has 2 heteroatoms. The van der Waals surface area contributed by atoms with Crippen LogP contribution >= 0.6 is 0 Å². The molecule has 112 valence electrons. The molecule has 1 atom stereocenters. The van der Waals surface area contributed by atoms with Gasteiger partial charge in [-0.15, -0.1) is 0 Å². The highest BCUT2D eigenvalue weighted by Gasteiger charge is 2.40. The number of aryl methyl sites for hydroxylation is 1. The van der Waals surface area contributed by atoms with Gasteiger partial charge in [-0.1, -0.05) is 44.5 Å². The number of nitrogens with two attached hydrogens (primary N) is 1. The zero-order chi connectivity index (χ0) is 14.6. The summed E-state index contributed by atoms with van der Waals surface area (Å²) in [6, 6.07) is 8.74. The molecule has 0 aromatic heterocycles. The van der Waals surface area contributed by atoms with Crippen molar-refractivity contribution in [3.05, 3.63) is 35.4 Å². The van der Waals surface area contributed by atoms with E-state index in [1.54, 1.807) is 0 Å². The van der Waals surface area contributed by atoms with Crippen LogP contribution in [0.15, 0.2) is 24.3 Å². The standard InChI is InChI=1S/C18H29NO/c1-4-6-15-7-5-8-16(13-15)17(19)18(20-3)11-9-14(2)10-12-18/h5,7-8,13-14,17H,4,6,9-12,19H2,1-3H3. The van der Waals surface area contributed by atoms with E-state index in [1.807, 2.05) is 7.11 Å². The summed E-state index contributed by atoms with van der Waals surface area (Å²) >= 11 is 0. The van der Waals surface area contributed by atoms with Crippen LogP contribution in [0.4, 0.5) is 0 Å². The Bertz CT molecular complexity index is 421. The lowest BCUT2D eigenvalue weighted by Gasteiger charge is -2.42. The third kappa shape index (κ3) is 3.24. The van der Waals surface area contributed by atoms with Gasteiger partial charge in [-0.05, 0) is 49.1 Å². The monoisotopic (exact) mass is 275 g/mol. The molecule has 2 N–H and O–H groups in total. The number of hydrogen-bond acceptors (Lipinski definition) is 2. The number of rotatable bonds is 5. The largest absolute Gasteiger partial charge is 0.376 e. The molecule has 20 heavy (non-hydrogen) atoms. The van der Waals surface area contributed by atoms with Crippen molar-refractivity contribution in [2.75, 3.05) is 7.11 Å². The highest BCUT2D eigenvalue weighted by Crippen LogP contribution is 2.41. The first-order valence-corrected chi connectivity index (χ1v) is 8.01. The first kappa shape index (κ1) is 15.5. The molecule has 2 rings (SSSR count). The van der Waals surface area contributed by atoms with E-state index >= 15 is 0 Å². The third-order valence-electron chi connectivity index (χ3n) is 4.94. The van der Waals surface area contributed by atoms with Crippen molar-refractivity contribution in [1.82, 2.24) is 0 Å². The second kappa shape index (κ2) is 6.73. The summed E-state index contributed by atoms with van der Waals surface area (Å²) in [5.41, 5.74) is 9.05. The number of methoxy groups -OCH3 is 1. The number of benzene rings is 1. The summed E-state index contributed by atoms with van der Waals surface area (Å²) in [6.07, 6.45) is 6.88. The molecule has 1 aromatic rings. The van der Waals surface area contributed by atoms with E-state index in [4.69, 9.17) is 10.5 Å². The maximum Gasteiger partial charge on any atom is 0.0870 e. The van der Waals surface area contributed by atoms with Gasteiger partial charge < -0.3 is 10.5 Å². The predicted molar refractivity (Wildman–Crippen MR) is 84.7 cm³/mol. The molecule has 0 saturated heterocycles. The van der Waals surface area contributed by atoms with Gasteiger partial charge in [0.05, 0.1) is 11.6 Å². The minimum atomic E-state index is -0.169. The van der Waals surface area contributed by atoms with E-state index in [1.165, 1.54) is 30.4 Å². The Labute approximate surface area is 123 Å². The maximum atomic E-state index is 6.60. The number of hydrogen-bond donors (Lipinski definition) is 1. The fourth-order valence-corrected chi connectivity index (χ4v) is 3.43. The zero-order valence-corrected chi connectivity index (χ0v) is 13.2.